The maximum atomic E-state index is 6.52. The van der Waals surface area contributed by atoms with E-state index in [0.29, 0.717) is 0 Å². The molecule has 2 aromatic carbocycles. The highest BCUT2D eigenvalue weighted by molar-refractivity contribution is 5.26. The Hall–Kier alpha value is -1.64. The fourth-order valence-electron chi connectivity index (χ4n) is 3.71. The van der Waals surface area contributed by atoms with E-state index in [9.17, 15) is 0 Å². The molecule has 1 aliphatic carbocycles. The summed E-state index contributed by atoms with van der Waals surface area (Å²) in [4.78, 5) is 0. The van der Waals surface area contributed by atoms with Crippen molar-refractivity contribution in [1.82, 2.24) is 0 Å². The van der Waals surface area contributed by atoms with Gasteiger partial charge in [-0.3, -0.25) is 0 Å². The van der Waals surface area contributed by atoms with Gasteiger partial charge >= 0.3 is 0 Å². The summed E-state index contributed by atoms with van der Waals surface area (Å²) in [5.41, 5.74) is 2.41. The van der Waals surface area contributed by atoms with E-state index < -0.39 is 0 Å². The van der Waals surface area contributed by atoms with Crippen LogP contribution in [-0.4, -0.2) is 5.79 Å². The SMILES string of the molecule is c1ccc([C@@H]2OC3(CCCCC3)O[C@H]2c2ccccc2)cc1. The lowest BCUT2D eigenvalue weighted by atomic mass is 9.94. The standard InChI is InChI=1S/C20H22O2/c1-4-10-16(11-5-1)18-19(17-12-6-2-7-13-17)22-20(21-18)14-8-3-9-15-20/h1-2,4-7,10-13,18-19H,3,8-9,14-15H2/t18-,19-/m0/s1. The zero-order valence-corrected chi connectivity index (χ0v) is 12.8. The molecule has 2 aliphatic rings. The normalized spacial score (nSPS) is 27.1. The number of rotatable bonds is 2. The molecule has 1 aliphatic heterocycles. The summed E-state index contributed by atoms with van der Waals surface area (Å²) in [5.74, 6) is -0.376. The minimum Gasteiger partial charge on any atom is -0.339 e. The van der Waals surface area contributed by atoms with Gasteiger partial charge < -0.3 is 9.47 Å². The molecule has 1 saturated heterocycles. The first kappa shape index (κ1) is 14.0. The summed E-state index contributed by atoms with van der Waals surface area (Å²) >= 11 is 0. The fraction of sp³-hybridized carbons (Fsp3) is 0.400. The average Bonchev–Trinajstić information content (AvgIpc) is 2.96. The van der Waals surface area contributed by atoms with Crippen LogP contribution in [-0.2, 0) is 9.47 Å². The molecule has 0 unspecified atom stereocenters. The average molecular weight is 294 g/mol. The van der Waals surface area contributed by atoms with Crippen LogP contribution < -0.4 is 0 Å². The summed E-state index contributed by atoms with van der Waals surface area (Å²) in [6.07, 6.45) is 5.69. The molecule has 1 spiro atoms. The third-order valence-electron chi connectivity index (χ3n) is 4.83. The van der Waals surface area contributed by atoms with E-state index in [1.807, 2.05) is 12.1 Å². The van der Waals surface area contributed by atoms with E-state index in [-0.39, 0.29) is 18.0 Å². The zero-order valence-electron chi connectivity index (χ0n) is 12.8. The van der Waals surface area contributed by atoms with Gasteiger partial charge in [-0.25, -0.2) is 0 Å². The van der Waals surface area contributed by atoms with Crippen LogP contribution in [0.4, 0.5) is 0 Å². The summed E-state index contributed by atoms with van der Waals surface area (Å²) in [7, 11) is 0. The fourth-order valence-corrected chi connectivity index (χ4v) is 3.71. The summed E-state index contributed by atoms with van der Waals surface area (Å²) in [6.45, 7) is 0. The van der Waals surface area contributed by atoms with Crippen LogP contribution in [0, 0.1) is 0 Å². The molecule has 0 aromatic heterocycles. The minimum absolute atomic E-state index is 0.0123. The Morgan fingerprint density at radius 1 is 0.636 bits per heavy atom. The van der Waals surface area contributed by atoms with Gasteiger partial charge in [0.15, 0.2) is 5.79 Å². The molecular formula is C20H22O2. The molecule has 0 amide bonds. The number of benzene rings is 2. The lowest BCUT2D eigenvalue weighted by Gasteiger charge is -2.32. The van der Waals surface area contributed by atoms with Gasteiger partial charge in [0.25, 0.3) is 0 Å². The molecule has 0 radical (unpaired) electrons. The molecule has 4 rings (SSSR count). The monoisotopic (exact) mass is 294 g/mol. The zero-order chi connectivity index (χ0) is 14.8. The molecule has 1 heterocycles. The topological polar surface area (TPSA) is 18.5 Å². The highest BCUT2D eigenvalue weighted by atomic mass is 16.8. The van der Waals surface area contributed by atoms with E-state index >= 15 is 0 Å². The lowest BCUT2D eigenvalue weighted by Crippen LogP contribution is -2.32. The van der Waals surface area contributed by atoms with E-state index in [2.05, 4.69) is 48.5 Å². The van der Waals surface area contributed by atoms with E-state index in [1.54, 1.807) is 0 Å². The van der Waals surface area contributed by atoms with Gasteiger partial charge in [-0.1, -0.05) is 67.1 Å². The molecule has 2 fully saturated rings. The Labute approximate surface area is 132 Å². The highest BCUT2D eigenvalue weighted by Gasteiger charge is 2.48. The molecule has 0 N–H and O–H groups in total. The maximum Gasteiger partial charge on any atom is 0.170 e. The molecule has 114 valence electrons. The van der Waals surface area contributed by atoms with Crippen molar-refractivity contribution in [2.75, 3.05) is 0 Å². The van der Waals surface area contributed by atoms with Crippen LogP contribution in [0.25, 0.3) is 0 Å². The Morgan fingerprint density at radius 2 is 1.09 bits per heavy atom. The lowest BCUT2D eigenvalue weighted by molar-refractivity contribution is -0.195. The second-order valence-corrected chi connectivity index (χ2v) is 6.37. The molecule has 2 atom stereocenters. The number of hydrogen-bond acceptors (Lipinski definition) is 2. The van der Waals surface area contributed by atoms with Crippen molar-refractivity contribution in [2.45, 2.75) is 50.1 Å². The third-order valence-corrected chi connectivity index (χ3v) is 4.83. The van der Waals surface area contributed by atoms with Crippen molar-refractivity contribution in [3.8, 4) is 0 Å². The van der Waals surface area contributed by atoms with Crippen LogP contribution in [0.3, 0.4) is 0 Å². The van der Waals surface area contributed by atoms with Crippen LogP contribution in [0.2, 0.25) is 0 Å². The van der Waals surface area contributed by atoms with E-state index in [0.717, 1.165) is 12.8 Å². The first-order valence-corrected chi connectivity index (χ1v) is 8.32. The molecule has 1 saturated carbocycles. The second kappa shape index (κ2) is 5.86. The van der Waals surface area contributed by atoms with Crippen molar-refractivity contribution in [2.24, 2.45) is 0 Å². The van der Waals surface area contributed by atoms with Crippen LogP contribution in [0.15, 0.2) is 60.7 Å². The summed E-state index contributed by atoms with van der Waals surface area (Å²) in [5, 5.41) is 0. The highest BCUT2D eigenvalue weighted by Crippen LogP contribution is 2.51. The van der Waals surface area contributed by atoms with Crippen molar-refractivity contribution in [1.29, 1.82) is 0 Å². The van der Waals surface area contributed by atoms with Gasteiger partial charge in [-0.05, 0) is 24.0 Å². The van der Waals surface area contributed by atoms with Gasteiger partial charge in [0.1, 0.15) is 12.2 Å². The van der Waals surface area contributed by atoms with Crippen LogP contribution >= 0.6 is 0 Å². The van der Waals surface area contributed by atoms with E-state index in [4.69, 9.17) is 9.47 Å². The second-order valence-electron chi connectivity index (χ2n) is 6.37. The van der Waals surface area contributed by atoms with Gasteiger partial charge in [-0.2, -0.15) is 0 Å². The van der Waals surface area contributed by atoms with Crippen molar-refractivity contribution in [3.05, 3.63) is 71.8 Å². The minimum atomic E-state index is -0.376. The summed E-state index contributed by atoms with van der Waals surface area (Å²) < 4.78 is 13.0. The molecule has 2 heteroatoms. The first-order chi connectivity index (χ1) is 10.9. The Bertz CT molecular complexity index is 553. The Balaban J connectivity index is 1.70. The molecule has 22 heavy (non-hydrogen) atoms. The number of ether oxygens (including phenoxy) is 2. The van der Waals surface area contributed by atoms with Gasteiger partial charge in [0.05, 0.1) is 0 Å². The smallest absolute Gasteiger partial charge is 0.170 e. The Morgan fingerprint density at radius 3 is 1.55 bits per heavy atom. The summed E-state index contributed by atoms with van der Waals surface area (Å²) in [6, 6.07) is 21.0. The van der Waals surface area contributed by atoms with Gasteiger partial charge in [0, 0.05) is 12.8 Å². The Kier molecular flexibility index (Phi) is 3.73. The number of hydrogen-bond donors (Lipinski definition) is 0. The maximum absolute atomic E-state index is 6.52. The van der Waals surface area contributed by atoms with Gasteiger partial charge in [0.2, 0.25) is 0 Å². The largest absolute Gasteiger partial charge is 0.339 e. The molecule has 0 bridgehead atoms. The van der Waals surface area contributed by atoms with Crippen molar-refractivity contribution in [3.63, 3.8) is 0 Å². The van der Waals surface area contributed by atoms with Crippen molar-refractivity contribution < 1.29 is 9.47 Å². The molecule has 2 nitrogen and oxygen atoms in total. The quantitative estimate of drug-likeness (QED) is 0.760. The molecular weight excluding hydrogens is 272 g/mol. The van der Waals surface area contributed by atoms with Crippen LogP contribution in [0.1, 0.15) is 55.4 Å². The first-order valence-electron chi connectivity index (χ1n) is 8.32. The van der Waals surface area contributed by atoms with Gasteiger partial charge in [-0.15, -0.1) is 0 Å². The predicted molar refractivity (Wildman–Crippen MR) is 86.4 cm³/mol. The predicted octanol–water partition coefficient (Wildman–Crippen LogP) is 5.18. The third kappa shape index (κ3) is 2.57. The van der Waals surface area contributed by atoms with E-state index in [1.165, 1.54) is 30.4 Å². The van der Waals surface area contributed by atoms with Crippen LogP contribution in [0.5, 0.6) is 0 Å². The molecule has 2 aromatic rings. The van der Waals surface area contributed by atoms with Crippen molar-refractivity contribution >= 4 is 0 Å².